The first-order valence-corrected chi connectivity index (χ1v) is 10.1. The van der Waals surface area contributed by atoms with Crippen molar-refractivity contribution in [3.63, 3.8) is 0 Å². The Labute approximate surface area is 169 Å². The van der Waals surface area contributed by atoms with Crippen molar-refractivity contribution in [3.8, 4) is 22.3 Å². The molecule has 0 radical (unpaired) electrons. The first-order chi connectivity index (χ1) is 13.5. The Hall–Kier alpha value is -2.92. The minimum absolute atomic E-state index is 0.127. The number of amides is 1. The summed E-state index contributed by atoms with van der Waals surface area (Å²) in [7, 11) is 0. The second-order valence-electron chi connectivity index (χ2n) is 6.66. The molecule has 4 nitrogen and oxygen atoms in total. The highest BCUT2D eigenvalue weighted by Crippen LogP contribution is 2.37. The second kappa shape index (κ2) is 8.85. The van der Waals surface area contributed by atoms with Crippen molar-refractivity contribution < 1.29 is 14.3 Å². The molecule has 0 saturated carbocycles. The van der Waals surface area contributed by atoms with E-state index < -0.39 is 5.97 Å². The smallest absolute Gasteiger partial charge is 0.341 e. The number of carbonyl (C=O) groups excluding carboxylic acids is 2. The van der Waals surface area contributed by atoms with Crippen LogP contribution in [0, 0.1) is 5.92 Å². The van der Waals surface area contributed by atoms with E-state index in [-0.39, 0.29) is 18.4 Å². The molecule has 2 aromatic carbocycles. The first kappa shape index (κ1) is 19.8. The van der Waals surface area contributed by atoms with Crippen molar-refractivity contribution >= 4 is 28.2 Å². The molecule has 1 amide bonds. The fourth-order valence-corrected chi connectivity index (χ4v) is 3.76. The van der Waals surface area contributed by atoms with Crippen LogP contribution in [0.15, 0.2) is 60.0 Å². The highest BCUT2D eigenvalue weighted by Gasteiger charge is 2.23. The maximum Gasteiger partial charge on any atom is 0.341 e. The standard InChI is InChI=1S/C23H23NO3S/c1-4-27-23(26)20-19(14-28-22(20)24-21(25)15(2)3)18-12-10-17(11-13-18)16-8-6-5-7-9-16/h5-15H,4H2,1-3H3,(H,24,25). The van der Waals surface area contributed by atoms with E-state index in [4.69, 9.17) is 4.74 Å². The molecule has 0 unspecified atom stereocenters. The van der Waals surface area contributed by atoms with Crippen LogP contribution in [-0.4, -0.2) is 18.5 Å². The molecule has 0 aliphatic carbocycles. The molecule has 0 bridgehead atoms. The van der Waals surface area contributed by atoms with E-state index in [1.165, 1.54) is 11.3 Å². The van der Waals surface area contributed by atoms with Gasteiger partial charge in [0.05, 0.1) is 6.61 Å². The van der Waals surface area contributed by atoms with Gasteiger partial charge < -0.3 is 10.1 Å². The van der Waals surface area contributed by atoms with E-state index in [9.17, 15) is 9.59 Å². The maximum atomic E-state index is 12.6. The van der Waals surface area contributed by atoms with Gasteiger partial charge in [-0.15, -0.1) is 11.3 Å². The lowest BCUT2D eigenvalue weighted by molar-refractivity contribution is -0.118. The van der Waals surface area contributed by atoms with E-state index in [2.05, 4.69) is 17.4 Å². The lowest BCUT2D eigenvalue weighted by Gasteiger charge is -2.10. The van der Waals surface area contributed by atoms with Crippen molar-refractivity contribution in [3.05, 3.63) is 65.5 Å². The molecular formula is C23H23NO3S. The predicted octanol–water partition coefficient (Wildman–Crippen LogP) is 5.85. The average Bonchev–Trinajstić information content (AvgIpc) is 3.12. The van der Waals surface area contributed by atoms with Gasteiger partial charge in [-0.05, 0) is 23.6 Å². The Bertz CT molecular complexity index is 959. The molecule has 5 heteroatoms. The Kier molecular flexibility index (Phi) is 6.26. The summed E-state index contributed by atoms with van der Waals surface area (Å²) in [6.45, 7) is 5.68. The minimum Gasteiger partial charge on any atom is -0.462 e. The topological polar surface area (TPSA) is 55.4 Å². The maximum absolute atomic E-state index is 12.6. The molecule has 1 heterocycles. The third-order valence-corrected chi connectivity index (χ3v) is 5.23. The average molecular weight is 394 g/mol. The number of thiophene rings is 1. The molecule has 0 spiro atoms. The van der Waals surface area contributed by atoms with E-state index in [1.807, 2.05) is 61.7 Å². The second-order valence-corrected chi connectivity index (χ2v) is 7.54. The zero-order valence-corrected chi connectivity index (χ0v) is 17.0. The highest BCUT2D eigenvalue weighted by molar-refractivity contribution is 7.15. The Balaban J connectivity index is 1.97. The van der Waals surface area contributed by atoms with E-state index in [1.54, 1.807) is 6.92 Å². The third-order valence-electron chi connectivity index (χ3n) is 4.33. The molecule has 3 rings (SSSR count). The van der Waals surface area contributed by atoms with E-state index in [0.29, 0.717) is 10.6 Å². The fourth-order valence-electron chi connectivity index (χ4n) is 2.80. The minimum atomic E-state index is -0.426. The number of hydrogen-bond acceptors (Lipinski definition) is 4. The summed E-state index contributed by atoms with van der Waals surface area (Å²) in [6, 6.07) is 18.2. The lowest BCUT2D eigenvalue weighted by atomic mass is 9.99. The van der Waals surface area contributed by atoms with Gasteiger partial charge in [-0.1, -0.05) is 68.4 Å². The SMILES string of the molecule is CCOC(=O)c1c(-c2ccc(-c3ccccc3)cc2)csc1NC(=O)C(C)C. The Morgan fingerprint density at radius 1 is 0.964 bits per heavy atom. The zero-order valence-electron chi connectivity index (χ0n) is 16.2. The highest BCUT2D eigenvalue weighted by atomic mass is 32.1. The summed E-state index contributed by atoms with van der Waals surface area (Å²) in [4.78, 5) is 24.7. The van der Waals surface area contributed by atoms with Gasteiger partial charge in [0, 0.05) is 16.9 Å². The molecule has 0 fully saturated rings. The normalized spacial score (nSPS) is 10.7. The fraction of sp³-hybridized carbons (Fsp3) is 0.217. The summed E-state index contributed by atoms with van der Waals surface area (Å²) in [5, 5.41) is 5.27. The number of benzene rings is 2. The molecule has 144 valence electrons. The zero-order chi connectivity index (χ0) is 20.1. The van der Waals surface area contributed by atoms with Gasteiger partial charge in [-0.25, -0.2) is 4.79 Å². The number of carbonyl (C=O) groups is 2. The predicted molar refractivity (Wildman–Crippen MR) is 115 cm³/mol. The quantitative estimate of drug-likeness (QED) is 0.534. The van der Waals surface area contributed by atoms with Gasteiger partial charge in [0.15, 0.2) is 0 Å². The molecule has 28 heavy (non-hydrogen) atoms. The summed E-state index contributed by atoms with van der Waals surface area (Å²) in [5.74, 6) is -0.728. The van der Waals surface area contributed by atoms with Gasteiger partial charge >= 0.3 is 5.97 Å². The van der Waals surface area contributed by atoms with Gasteiger partial charge in [-0.2, -0.15) is 0 Å². The molecule has 1 aromatic heterocycles. The van der Waals surface area contributed by atoms with Crippen LogP contribution in [0.1, 0.15) is 31.1 Å². The molecule has 3 aromatic rings. The molecule has 0 aliphatic rings. The number of ether oxygens (including phenoxy) is 1. The molecule has 0 atom stereocenters. The number of nitrogens with one attached hydrogen (secondary N) is 1. The van der Waals surface area contributed by atoms with Gasteiger partial charge in [0.2, 0.25) is 5.91 Å². The monoisotopic (exact) mass is 393 g/mol. The molecular weight excluding hydrogens is 370 g/mol. The summed E-state index contributed by atoms with van der Waals surface area (Å²) >= 11 is 1.34. The summed E-state index contributed by atoms with van der Waals surface area (Å²) < 4.78 is 5.24. The van der Waals surface area contributed by atoms with Gasteiger partial charge in [-0.3, -0.25) is 4.79 Å². The third kappa shape index (κ3) is 4.31. The number of esters is 1. The summed E-state index contributed by atoms with van der Waals surface area (Å²) in [5.41, 5.74) is 4.32. The van der Waals surface area contributed by atoms with Crippen molar-refractivity contribution in [1.82, 2.24) is 0 Å². The first-order valence-electron chi connectivity index (χ1n) is 9.26. The molecule has 1 N–H and O–H groups in total. The van der Waals surface area contributed by atoms with Crippen LogP contribution < -0.4 is 5.32 Å². The lowest BCUT2D eigenvalue weighted by Crippen LogP contribution is -2.19. The van der Waals surface area contributed by atoms with Crippen molar-refractivity contribution in [1.29, 1.82) is 0 Å². The molecule has 0 saturated heterocycles. The Morgan fingerprint density at radius 2 is 1.57 bits per heavy atom. The van der Waals surface area contributed by atoms with Crippen LogP contribution in [0.3, 0.4) is 0 Å². The Morgan fingerprint density at radius 3 is 2.18 bits per heavy atom. The number of rotatable bonds is 6. The van der Waals surface area contributed by atoms with Gasteiger partial charge in [0.25, 0.3) is 0 Å². The van der Waals surface area contributed by atoms with Crippen molar-refractivity contribution in [2.45, 2.75) is 20.8 Å². The van der Waals surface area contributed by atoms with Gasteiger partial charge in [0.1, 0.15) is 10.6 Å². The van der Waals surface area contributed by atoms with Crippen LogP contribution in [0.5, 0.6) is 0 Å². The van der Waals surface area contributed by atoms with Crippen molar-refractivity contribution in [2.75, 3.05) is 11.9 Å². The van der Waals surface area contributed by atoms with Crippen molar-refractivity contribution in [2.24, 2.45) is 5.92 Å². The number of hydrogen-bond donors (Lipinski definition) is 1. The molecule has 0 aliphatic heterocycles. The van der Waals surface area contributed by atoms with Crippen LogP contribution in [0.4, 0.5) is 5.00 Å². The van der Waals surface area contributed by atoms with Crippen LogP contribution in [0.2, 0.25) is 0 Å². The van der Waals surface area contributed by atoms with Crippen LogP contribution in [0.25, 0.3) is 22.3 Å². The van der Waals surface area contributed by atoms with E-state index >= 15 is 0 Å². The van der Waals surface area contributed by atoms with Crippen LogP contribution in [-0.2, 0) is 9.53 Å². The van der Waals surface area contributed by atoms with Crippen LogP contribution >= 0.6 is 11.3 Å². The van der Waals surface area contributed by atoms with E-state index in [0.717, 1.165) is 22.3 Å². The summed E-state index contributed by atoms with van der Waals surface area (Å²) in [6.07, 6.45) is 0. The number of anilines is 1. The largest absolute Gasteiger partial charge is 0.462 e.